The van der Waals surface area contributed by atoms with E-state index < -0.39 is 0 Å². The van der Waals surface area contributed by atoms with Crippen molar-refractivity contribution in [1.29, 1.82) is 0 Å². The largest absolute Gasteiger partial charge is 0.497 e. The monoisotopic (exact) mass is 291 g/mol. The van der Waals surface area contributed by atoms with Crippen molar-refractivity contribution in [3.05, 3.63) is 29.8 Å². The van der Waals surface area contributed by atoms with Crippen molar-refractivity contribution >= 4 is 11.8 Å². The van der Waals surface area contributed by atoms with Crippen molar-refractivity contribution in [1.82, 2.24) is 15.8 Å². The molecule has 2 N–H and O–H groups in total. The van der Waals surface area contributed by atoms with Crippen LogP contribution in [-0.2, 0) is 16.1 Å². The lowest BCUT2D eigenvalue weighted by Crippen LogP contribution is -2.46. The molecule has 1 aromatic rings. The normalized spacial score (nSPS) is 13.9. The first kappa shape index (κ1) is 15.3. The van der Waals surface area contributed by atoms with Crippen LogP contribution in [0.3, 0.4) is 0 Å². The minimum absolute atomic E-state index is 0.203. The van der Waals surface area contributed by atoms with Crippen molar-refractivity contribution in [3.8, 4) is 5.75 Å². The van der Waals surface area contributed by atoms with Crippen LogP contribution in [0.5, 0.6) is 5.75 Å². The summed E-state index contributed by atoms with van der Waals surface area (Å²) in [5.41, 5.74) is 5.84. The Morgan fingerprint density at radius 1 is 1.24 bits per heavy atom. The fraction of sp³-hybridized carbons (Fsp3) is 0.467. The SMILES string of the molecule is COc1ccc(CN(CC(=O)NNC(C)=O)C2CC2)cc1. The average molecular weight is 291 g/mol. The minimum Gasteiger partial charge on any atom is -0.497 e. The Hall–Kier alpha value is -2.08. The molecule has 0 saturated heterocycles. The first-order chi connectivity index (χ1) is 10.1. The third-order valence-electron chi connectivity index (χ3n) is 3.33. The van der Waals surface area contributed by atoms with Crippen LogP contribution in [0.2, 0.25) is 0 Å². The summed E-state index contributed by atoms with van der Waals surface area (Å²) >= 11 is 0. The molecule has 6 heteroatoms. The van der Waals surface area contributed by atoms with Crippen LogP contribution in [0.1, 0.15) is 25.3 Å². The van der Waals surface area contributed by atoms with Gasteiger partial charge < -0.3 is 4.74 Å². The summed E-state index contributed by atoms with van der Waals surface area (Å²) < 4.78 is 5.13. The van der Waals surface area contributed by atoms with Gasteiger partial charge in [0, 0.05) is 19.5 Å². The lowest BCUT2D eigenvalue weighted by Gasteiger charge is -2.21. The summed E-state index contributed by atoms with van der Waals surface area (Å²) in [5, 5.41) is 0. The number of hydrogen-bond donors (Lipinski definition) is 2. The molecule has 0 atom stereocenters. The number of nitrogens with zero attached hydrogens (tertiary/aromatic N) is 1. The van der Waals surface area contributed by atoms with Crippen LogP contribution in [0, 0.1) is 0 Å². The van der Waals surface area contributed by atoms with E-state index in [1.807, 2.05) is 24.3 Å². The molecule has 1 aliphatic rings. The van der Waals surface area contributed by atoms with E-state index in [1.165, 1.54) is 6.92 Å². The van der Waals surface area contributed by atoms with Gasteiger partial charge in [0.05, 0.1) is 13.7 Å². The molecule has 0 bridgehead atoms. The fourth-order valence-electron chi connectivity index (χ4n) is 2.10. The Morgan fingerprint density at radius 3 is 2.43 bits per heavy atom. The van der Waals surface area contributed by atoms with Gasteiger partial charge in [-0.3, -0.25) is 25.3 Å². The van der Waals surface area contributed by atoms with Gasteiger partial charge in [-0.05, 0) is 30.5 Å². The quantitative estimate of drug-likeness (QED) is 0.762. The summed E-state index contributed by atoms with van der Waals surface area (Å²) in [5.74, 6) is 0.335. The zero-order chi connectivity index (χ0) is 15.2. The molecule has 0 aliphatic heterocycles. The van der Waals surface area contributed by atoms with E-state index >= 15 is 0 Å². The molecule has 0 radical (unpaired) electrons. The first-order valence-electron chi connectivity index (χ1n) is 7.01. The predicted molar refractivity (Wildman–Crippen MR) is 78.4 cm³/mol. The van der Waals surface area contributed by atoms with Crippen molar-refractivity contribution in [3.63, 3.8) is 0 Å². The first-order valence-corrected chi connectivity index (χ1v) is 7.01. The Kier molecular flexibility index (Phi) is 5.16. The van der Waals surface area contributed by atoms with E-state index in [1.54, 1.807) is 7.11 Å². The summed E-state index contributed by atoms with van der Waals surface area (Å²) in [6.07, 6.45) is 2.23. The van der Waals surface area contributed by atoms with Crippen LogP contribution >= 0.6 is 0 Å². The van der Waals surface area contributed by atoms with E-state index in [4.69, 9.17) is 4.74 Å². The second-order valence-electron chi connectivity index (χ2n) is 5.21. The lowest BCUT2D eigenvalue weighted by molar-refractivity contribution is -0.128. The van der Waals surface area contributed by atoms with E-state index in [2.05, 4.69) is 15.8 Å². The van der Waals surface area contributed by atoms with E-state index in [9.17, 15) is 9.59 Å². The number of hydrazine groups is 1. The van der Waals surface area contributed by atoms with Gasteiger partial charge in [-0.2, -0.15) is 0 Å². The van der Waals surface area contributed by atoms with Gasteiger partial charge in [-0.25, -0.2) is 0 Å². The molecule has 0 unspecified atom stereocenters. The number of benzene rings is 1. The van der Waals surface area contributed by atoms with E-state index in [0.29, 0.717) is 12.6 Å². The number of hydrogen-bond acceptors (Lipinski definition) is 4. The number of nitrogens with one attached hydrogen (secondary N) is 2. The van der Waals surface area contributed by atoms with Crippen LogP contribution in [-0.4, -0.2) is 36.4 Å². The zero-order valence-corrected chi connectivity index (χ0v) is 12.4. The summed E-state index contributed by atoms with van der Waals surface area (Å²) in [7, 11) is 1.64. The summed E-state index contributed by atoms with van der Waals surface area (Å²) in [6.45, 7) is 2.34. The molecule has 2 amide bonds. The second-order valence-corrected chi connectivity index (χ2v) is 5.21. The maximum atomic E-state index is 11.8. The Bertz CT molecular complexity index is 497. The van der Waals surface area contributed by atoms with Crippen molar-refractivity contribution in [2.45, 2.75) is 32.4 Å². The number of rotatable bonds is 6. The van der Waals surface area contributed by atoms with Gasteiger partial charge in [0.25, 0.3) is 5.91 Å². The smallest absolute Gasteiger partial charge is 0.252 e. The fourth-order valence-corrected chi connectivity index (χ4v) is 2.10. The van der Waals surface area contributed by atoms with Crippen LogP contribution < -0.4 is 15.6 Å². The van der Waals surface area contributed by atoms with Crippen molar-refractivity contribution in [2.75, 3.05) is 13.7 Å². The van der Waals surface area contributed by atoms with Gasteiger partial charge in [0.2, 0.25) is 5.91 Å². The van der Waals surface area contributed by atoms with Crippen LogP contribution in [0.25, 0.3) is 0 Å². The Morgan fingerprint density at radius 2 is 1.90 bits per heavy atom. The molecule has 2 rings (SSSR count). The minimum atomic E-state index is -0.281. The van der Waals surface area contributed by atoms with Crippen LogP contribution in [0.15, 0.2) is 24.3 Å². The summed E-state index contributed by atoms with van der Waals surface area (Å²) in [4.78, 5) is 24.7. The van der Waals surface area contributed by atoms with E-state index in [0.717, 1.165) is 24.2 Å². The molecule has 0 heterocycles. The van der Waals surface area contributed by atoms with Crippen molar-refractivity contribution in [2.24, 2.45) is 0 Å². The number of ether oxygens (including phenoxy) is 1. The predicted octanol–water partition coefficient (Wildman–Crippen LogP) is 0.827. The molecule has 0 spiro atoms. The standard InChI is InChI=1S/C15H21N3O3/c1-11(19)16-17-15(20)10-18(13-5-6-13)9-12-3-7-14(21-2)8-4-12/h3-4,7-8,13H,5-6,9-10H2,1-2H3,(H,16,19)(H,17,20). The molecule has 1 saturated carbocycles. The molecule has 21 heavy (non-hydrogen) atoms. The number of carbonyl (C=O) groups excluding carboxylic acids is 2. The molecule has 114 valence electrons. The van der Waals surface area contributed by atoms with Gasteiger partial charge in [0.15, 0.2) is 0 Å². The topological polar surface area (TPSA) is 70.7 Å². The third kappa shape index (κ3) is 5.07. The second kappa shape index (κ2) is 7.08. The van der Waals surface area contributed by atoms with Crippen LogP contribution in [0.4, 0.5) is 0 Å². The number of methoxy groups -OCH3 is 1. The van der Waals surface area contributed by atoms with Gasteiger partial charge in [-0.15, -0.1) is 0 Å². The van der Waals surface area contributed by atoms with Gasteiger partial charge in [-0.1, -0.05) is 12.1 Å². The highest BCUT2D eigenvalue weighted by Gasteiger charge is 2.30. The summed E-state index contributed by atoms with van der Waals surface area (Å²) in [6, 6.07) is 8.28. The maximum Gasteiger partial charge on any atom is 0.252 e. The van der Waals surface area contributed by atoms with Gasteiger partial charge >= 0.3 is 0 Å². The highest BCUT2D eigenvalue weighted by atomic mass is 16.5. The molecule has 1 fully saturated rings. The maximum absolute atomic E-state index is 11.8. The number of carbonyl (C=O) groups is 2. The highest BCUT2D eigenvalue weighted by molar-refractivity contribution is 5.82. The lowest BCUT2D eigenvalue weighted by atomic mass is 10.2. The third-order valence-corrected chi connectivity index (χ3v) is 3.33. The Balaban J connectivity index is 1.89. The Labute approximate surface area is 124 Å². The molecule has 1 aliphatic carbocycles. The highest BCUT2D eigenvalue weighted by Crippen LogP contribution is 2.28. The molecule has 6 nitrogen and oxygen atoms in total. The molecule has 1 aromatic carbocycles. The van der Waals surface area contributed by atoms with E-state index in [-0.39, 0.29) is 18.4 Å². The molecular formula is C15H21N3O3. The molecular weight excluding hydrogens is 270 g/mol. The average Bonchev–Trinajstić information content (AvgIpc) is 3.30. The number of amides is 2. The molecule has 0 aromatic heterocycles. The zero-order valence-electron chi connectivity index (χ0n) is 12.4. The van der Waals surface area contributed by atoms with Crippen molar-refractivity contribution < 1.29 is 14.3 Å². The van der Waals surface area contributed by atoms with Gasteiger partial charge in [0.1, 0.15) is 5.75 Å².